The minimum atomic E-state index is 0.390. The van der Waals surface area contributed by atoms with E-state index < -0.39 is 0 Å². The van der Waals surface area contributed by atoms with Crippen molar-refractivity contribution in [1.29, 1.82) is 0 Å². The average molecular weight is 399 g/mol. The van der Waals surface area contributed by atoms with Crippen molar-refractivity contribution in [3.63, 3.8) is 0 Å². The standard InChI is InChI=1S/C24H38N4O/c1-20-8-15-28(16-9-20)24(29)7-6-22-19-26(18-21-5-4-11-25-17-21)14-10-23(22)27-12-2-3-13-27/h4-5,11,17,20,22-23H,2-3,6-10,12-16,18-19H2,1H3/t22-,23+/m0/s1. The van der Waals surface area contributed by atoms with Gasteiger partial charge in [0.1, 0.15) is 0 Å². The molecule has 1 aromatic rings. The highest BCUT2D eigenvalue weighted by molar-refractivity contribution is 5.76. The Balaban J connectivity index is 1.35. The molecule has 4 heterocycles. The second-order valence-electron chi connectivity index (χ2n) is 9.56. The van der Waals surface area contributed by atoms with E-state index in [9.17, 15) is 4.79 Å². The lowest BCUT2D eigenvalue weighted by molar-refractivity contribution is -0.133. The van der Waals surface area contributed by atoms with Crippen molar-refractivity contribution in [3.8, 4) is 0 Å². The molecule has 2 atom stereocenters. The summed E-state index contributed by atoms with van der Waals surface area (Å²) in [5.74, 6) is 1.77. The number of aromatic nitrogens is 1. The quantitative estimate of drug-likeness (QED) is 0.736. The van der Waals surface area contributed by atoms with E-state index in [1.807, 2.05) is 18.5 Å². The highest BCUT2D eigenvalue weighted by Gasteiger charge is 2.35. The largest absolute Gasteiger partial charge is 0.343 e. The van der Waals surface area contributed by atoms with Crippen LogP contribution in [0.25, 0.3) is 0 Å². The lowest BCUT2D eigenvalue weighted by Gasteiger charge is -2.43. The van der Waals surface area contributed by atoms with Crippen LogP contribution in [0.15, 0.2) is 24.5 Å². The van der Waals surface area contributed by atoms with Gasteiger partial charge in [-0.3, -0.25) is 14.7 Å². The van der Waals surface area contributed by atoms with E-state index >= 15 is 0 Å². The van der Waals surface area contributed by atoms with Gasteiger partial charge in [-0.25, -0.2) is 0 Å². The molecule has 1 aromatic heterocycles. The summed E-state index contributed by atoms with van der Waals surface area (Å²) in [6.07, 6.45) is 11.9. The molecular weight excluding hydrogens is 360 g/mol. The van der Waals surface area contributed by atoms with Crippen LogP contribution in [-0.4, -0.2) is 70.9 Å². The number of carbonyl (C=O) groups is 1. The summed E-state index contributed by atoms with van der Waals surface area (Å²) in [5.41, 5.74) is 1.30. The number of piperidine rings is 2. The van der Waals surface area contributed by atoms with Crippen molar-refractivity contribution >= 4 is 5.91 Å². The van der Waals surface area contributed by atoms with Crippen LogP contribution >= 0.6 is 0 Å². The lowest BCUT2D eigenvalue weighted by Crippen LogP contribution is -2.50. The van der Waals surface area contributed by atoms with Crippen molar-refractivity contribution in [2.75, 3.05) is 39.3 Å². The molecule has 1 amide bonds. The summed E-state index contributed by atoms with van der Waals surface area (Å²) >= 11 is 0. The minimum absolute atomic E-state index is 0.390. The van der Waals surface area contributed by atoms with Gasteiger partial charge in [0.2, 0.25) is 5.91 Å². The van der Waals surface area contributed by atoms with Crippen LogP contribution in [0.3, 0.4) is 0 Å². The first kappa shape index (κ1) is 20.8. The zero-order chi connectivity index (χ0) is 20.1. The molecule has 0 N–H and O–H groups in total. The molecule has 5 nitrogen and oxygen atoms in total. The molecule has 5 heteroatoms. The maximum Gasteiger partial charge on any atom is 0.222 e. The second kappa shape index (κ2) is 10.0. The van der Waals surface area contributed by atoms with E-state index in [0.717, 1.165) is 51.5 Å². The first-order valence-corrected chi connectivity index (χ1v) is 11.8. The number of hydrogen-bond acceptors (Lipinski definition) is 4. The van der Waals surface area contributed by atoms with E-state index in [-0.39, 0.29) is 0 Å². The molecule has 0 unspecified atom stereocenters. The van der Waals surface area contributed by atoms with Crippen molar-refractivity contribution in [3.05, 3.63) is 30.1 Å². The predicted molar refractivity (Wildman–Crippen MR) is 116 cm³/mol. The molecule has 29 heavy (non-hydrogen) atoms. The average Bonchev–Trinajstić information content (AvgIpc) is 3.28. The maximum absolute atomic E-state index is 12.8. The van der Waals surface area contributed by atoms with E-state index in [0.29, 0.717) is 17.9 Å². The fourth-order valence-corrected chi connectivity index (χ4v) is 5.55. The first-order chi connectivity index (χ1) is 14.2. The third-order valence-corrected chi connectivity index (χ3v) is 7.38. The van der Waals surface area contributed by atoms with Crippen LogP contribution in [-0.2, 0) is 11.3 Å². The van der Waals surface area contributed by atoms with Crippen molar-refractivity contribution in [2.24, 2.45) is 11.8 Å². The lowest BCUT2D eigenvalue weighted by atomic mass is 9.86. The Morgan fingerprint density at radius 1 is 1.10 bits per heavy atom. The molecule has 3 fully saturated rings. The molecule has 0 spiro atoms. The topological polar surface area (TPSA) is 39.7 Å². The van der Waals surface area contributed by atoms with E-state index in [2.05, 4.69) is 32.7 Å². The number of likely N-dealkylation sites (tertiary alicyclic amines) is 3. The molecule has 3 aliphatic rings. The molecule has 3 saturated heterocycles. The van der Waals surface area contributed by atoms with Crippen molar-refractivity contribution in [2.45, 2.75) is 64.5 Å². The second-order valence-corrected chi connectivity index (χ2v) is 9.56. The monoisotopic (exact) mass is 398 g/mol. The Bertz CT molecular complexity index is 638. The Labute approximate surface area is 176 Å². The summed E-state index contributed by atoms with van der Waals surface area (Å²) in [6, 6.07) is 4.87. The Morgan fingerprint density at radius 3 is 2.62 bits per heavy atom. The van der Waals surface area contributed by atoms with Gasteiger partial charge in [-0.1, -0.05) is 13.0 Å². The highest BCUT2D eigenvalue weighted by Crippen LogP contribution is 2.30. The van der Waals surface area contributed by atoms with Crippen LogP contribution in [0.5, 0.6) is 0 Å². The fourth-order valence-electron chi connectivity index (χ4n) is 5.55. The summed E-state index contributed by atoms with van der Waals surface area (Å²) in [6.45, 7) is 9.99. The first-order valence-electron chi connectivity index (χ1n) is 11.8. The Hall–Kier alpha value is -1.46. The molecule has 160 valence electrons. The molecule has 0 radical (unpaired) electrons. The number of amides is 1. The van der Waals surface area contributed by atoms with Crippen LogP contribution in [0.2, 0.25) is 0 Å². The molecule has 0 bridgehead atoms. The Kier molecular flexibility index (Phi) is 7.20. The summed E-state index contributed by atoms with van der Waals surface area (Å²) in [5, 5.41) is 0. The van der Waals surface area contributed by atoms with E-state index in [4.69, 9.17) is 0 Å². The Morgan fingerprint density at radius 2 is 1.90 bits per heavy atom. The predicted octanol–water partition coefficient (Wildman–Crippen LogP) is 3.41. The van der Waals surface area contributed by atoms with Crippen LogP contribution < -0.4 is 0 Å². The summed E-state index contributed by atoms with van der Waals surface area (Å²) in [4.78, 5) is 24.5. The highest BCUT2D eigenvalue weighted by atomic mass is 16.2. The van der Waals surface area contributed by atoms with Gasteiger partial charge in [0.25, 0.3) is 0 Å². The van der Waals surface area contributed by atoms with Gasteiger partial charge in [0.15, 0.2) is 0 Å². The number of hydrogen-bond donors (Lipinski definition) is 0. The van der Waals surface area contributed by atoms with Gasteiger partial charge in [-0.05, 0) is 81.6 Å². The molecule has 0 aliphatic carbocycles. The molecular formula is C24H38N4O. The summed E-state index contributed by atoms with van der Waals surface area (Å²) < 4.78 is 0. The number of carbonyl (C=O) groups excluding carboxylic acids is 1. The van der Waals surface area contributed by atoms with Gasteiger partial charge in [0, 0.05) is 51.0 Å². The third-order valence-electron chi connectivity index (χ3n) is 7.38. The molecule has 4 rings (SSSR count). The third kappa shape index (κ3) is 5.58. The fraction of sp³-hybridized carbons (Fsp3) is 0.750. The minimum Gasteiger partial charge on any atom is -0.343 e. The number of pyridine rings is 1. The van der Waals surface area contributed by atoms with Crippen LogP contribution in [0.4, 0.5) is 0 Å². The molecule has 0 saturated carbocycles. The van der Waals surface area contributed by atoms with Crippen LogP contribution in [0.1, 0.15) is 57.4 Å². The van der Waals surface area contributed by atoms with Gasteiger partial charge in [-0.2, -0.15) is 0 Å². The van der Waals surface area contributed by atoms with E-state index in [1.165, 1.54) is 50.8 Å². The van der Waals surface area contributed by atoms with Gasteiger partial charge < -0.3 is 9.80 Å². The SMILES string of the molecule is CC1CCN(C(=O)CC[C@H]2CN(Cc3cccnc3)CC[C@H]2N2CCCC2)CC1. The maximum atomic E-state index is 12.8. The van der Waals surface area contributed by atoms with Gasteiger partial charge >= 0.3 is 0 Å². The molecule has 0 aromatic carbocycles. The molecule has 3 aliphatic heterocycles. The zero-order valence-electron chi connectivity index (χ0n) is 18.1. The summed E-state index contributed by atoms with van der Waals surface area (Å²) in [7, 11) is 0. The van der Waals surface area contributed by atoms with Gasteiger partial charge in [0.05, 0.1) is 0 Å². The van der Waals surface area contributed by atoms with E-state index in [1.54, 1.807) is 0 Å². The number of rotatable bonds is 6. The number of nitrogens with zero attached hydrogens (tertiary/aromatic N) is 4. The zero-order valence-corrected chi connectivity index (χ0v) is 18.1. The normalized spacial score (nSPS) is 27.4. The van der Waals surface area contributed by atoms with Crippen molar-refractivity contribution in [1.82, 2.24) is 19.7 Å². The van der Waals surface area contributed by atoms with Crippen molar-refractivity contribution < 1.29 is 4.79 Å². The van der Waals surface area contributed by atoms with Crippen LogP contribution in [0, 0.1) is 11.8 Å². The smallest absolute Gasteiger partial charge is 0.222 e. The van der Waals surface area contributed by atoms with Gasteiger partial charge in [-0.15, -0.1) is 0 Å².